The molecule has 4 heteroatoms. The van der Waals surface area contributed by atoms with Gasteiger partial charge in [-0.25, -0.2) is 9.97 Å². The van der Waals surface area contributed by atoms with Crippen molar-refractivity contribution in [2.45, 2.75) is 51.4 Å². The van der Waals surface area contributed by atoms with Crippen molar-refractivity contribution in [3.8, 4) is 0 Å². The highest BCUT2D eigenvalue weighted by Gasteiger charge is 2.22. The van der Waals surface area contributed by atoms with Gasteiger partial charge in [0.1, 0.15) is 11.6 Å². The standard InChI is InChI=1S/C12H18BrN3/c1-2-5-9-15-11(8-6-3-4-7-8)10(13)12(14)16-9/h8H,2-7H2,1H3,(H2,14,15,16). The Balaban J connectivity index is 2.33. The van der Waals surface area contributed by atoms with E-state index in [2.05, 4.69) is 32.8 Å². The van der Waals surface area contributed by atoms with Crippen molar-refractivity contribution in [3.63, 3.8) is 0 Å². The summed E-state index contributed by atoms with van der Waals surface area (Å²) < 4.78 is 0.916. The molecule has 1 aliphatic rings. The van der Waals surface area contributed by atoms with Crippen LogP contribution in [0.15, 0.2) is 4.47 Å². The van der Waals surface area contributed by atoms with Gasteiger partial charge >= 0.3 is 0 Å². The molecule has 3 nitrogen and oxygen atoms in total. The molecule has 2 N–H and O–H groups in total. The van der Waals surface area contributed by atoms with Gasteiger partial charge < -0.3 is 5.73 Å². The number of hydrogen-bond acceptors (Lipinski definition) is 3. The summed E-state index contributed by atoms with van der Waals surface area (Å²) in [7, 11) is 0. The third-order valence-corrected chi connectivity index (χ3v) is 3.98. The fourth-order valence-electron chi connectivity index (χ4n) is 2.34. The lowest BCUT2D eigenvalue weighted by molar-refractivity contribution is 0.676. The summed E-state index contributed by atoms with van der Waals surface area (Å²) in [6, 6.07) is 0. The summed E-state index contributed by atoms with van der Waals surface area (Å²) in [4.78, 5) is 8.98. The average Bonchev–Trinajstić information content (AvgIpc) is 2.76. The first kappa shape index (κ1) is 11.8. The van der Waals surface area contributed by atoms with Crippen LogP contribution in [0.5, 0.6) is 0 Å². The average molecular weight is 284 g/mol. The van der Waals surface area contributed by atoms with Crippen LogP contribution in [0.4, 0.5) is 5.82 Å². The van der Waals surface area contributed by atoms with Gasteiger partial charge in [0.25, 0.3) is 0 Å². The van der Waals surface area contributed by atoms with Crippen LogP contribution in [0.1, 0.15) is 56.5 Å². The minimum Gasteiger partial charge on any atom is -0.383 e. The predicted molar refractivity (Wildman–Crippen MR) is 69.3 cm³/mol. The summed E-state index contributed by atoms with van der Waals surface area (Å²) >= 11 is 3.53. The number of anilines is 1. The smallest absolute Gasteiger partial charge is 0.141 e. The van der Waals surface area contributed by atoms with Gasteiger partial charge in [-0.15, -0.1) is 0 Å². The Morgan fingerprint density at radius 1 is 1.31 bits per heavy atom. The van der Waals surface area contributed by atoms with Crippen LogP contribution < -0.4 is 5.73 Å². The maximum absolute atomic E-state index is 5.92. The van der Waals surface area contributed by atoms with Gasteiger partial charge in [0.2, 0.25) is 0 Å². The van der Waals surface area contributed by atoms with E-state index < -0.39 is 0 Å². The van der Waals surface area contributed by atoms with Crippen LogP contribution in [0, 0.1) is 0 Å². The highest BCUT2D eigenvalue weighted by Crippen LogP contribution is 2.38. The maximum atomic E-state index is 5.92. The lowest BCUT2D eigenvalue weighted by Gasteiger charge is -2.13. The van der Waals surface area contributed by atoms with E-state index in [1.54, 1.807) is 0 Å². The van der Waals surface area contributed by atoms with E-state index in [9.17, 15) is 0 Å². The molecule has 0 aliphatic heterocycles. The lowest BCUT2D eigenvalue weighted by Crippen LogP contribution is -2.07. The third kappa shape index (κ3) is 2.37. The molecule has 1 aromatic heterocycles. The van der Waals surface area contributed by atoms with Gasteiger partial charge in [0.15, 0.2) is 0 Å². The van der Waals surface area contributed by atoms with Gasteiger partial charge in [-0.05, 0) is 35.2 Å². The van der Waals surface area contributed by atoms with Crippen molar-refractivity contribution in [2.24, 2.45) is 0 Å². The number of aryl methyl sites for hydroxylation is 1. The summed E-state index contributed by atoms with van der Waals surface area (Å²) in [6.07, 6.45) is 7.07. The fourth-order valence-corrected chi connectivity index (χ4v) is 2.84. The molecule has 0 atom stereocenters. The molecule has 0 spiro atoms. The molecule has 1 aromatic rings. The number of rotatable bonds is 3. The number of hydrogen-bond donors (Lipinski definition) is 1. The normalized spacial score (nSPS) is 16.9. The van der Waals surface area contributed by atoms with Crippen LogP contribution in [-0.2, 0) is 6.42 Å². The molecule has 2 rings (SSSR count). The molecule has 0 saturated heterocycles. The Kier molecular flexibility index (Phi) is 3.79. The highest BCUT2D eigenvalue weighted by atomic mass is 79.9. The third-order valence-electron chi connectivity index (χ3n) is 3.16. The molecule has 16 heavy (non-hydrogen) atoms. The molecule has 1 saturated carbocycles. The zero-order valence-corrected chi connectivity index (χ0v) is 11.3. The van der Waals surface area contributed by atoms with E-state index in [0.717, 1.165) is 28.8 Å². The first-order chi connectivity index (χ1) is 7.72. The summed E-state index contributed by atoms with van der Waals surface area (Å²) in [5, 5.41) is 0. The Labute approximate surface area is 105 Å². The molecule has 0 unspecified atom stereocenters. The number of nitrogens with zero attached hydrogens (tertiary/aromatic N) is 2. The van der Waals surface area contributed by atoms with Crippen molar-refractivity contribution in [2.75, 3.05) is 5.73 Å². The Morgan fingerprint density at radius 3 is 2.62 bits per heavy atom. The van der Waals surface area contributed by atoms with Crippen molar-refractivity contribution >= 4 is 21.7 Å². The van der Waals surface area contributed by atoms with E-state index in [0.29, 0.717) is 11.7 Å². The van der Waals surface area contributed by atoms with Crippen molar-refractivity contribution in [3.05, 3.63) is 16.0 Å². The Hall–Kier alpha value is -0.640. The Morgan fingerprint density at radius 2 is 2.00 bits per heavy atom. The topological polar surface area (TPSA) is 51.8 Å². The zero-order valence-electron chi connectivity index (χ0n) is 9.67. The first-order valence-corrected chi connectivity index (χ1v) is 6.83. The summed E-state index contributed by atoms with van der Waals surface area (Å²) in [5.74, 6) is 2.07. The van der Waals surface area contributed by atoms with Crippen molar-refractivity contribution in [1.82, 2.24) is 9.97 Å². The number of nitrogen functional groups attached to an aromatic ring is 1. The second-order valence-electron chi connectivity index (χ2n) is 4.46. The predicted octanol–water partition coefficient (Wildman–Crippen LogP) is 3.43. The molecule has 0 bridgehead atoms. The highest BCUT2D eigenvalue weighted by molar-refractivity contribution is 9.10. The number of nitrogens with two attached hydrogens (primary N) is 1. The van der Waals surface area contributed by atoms with E-state index >= 15 is 0 Å². The summed E-state index contributed by atoms with van der Waals surface area (Å²) in [5.41, 5.74) is 7.05. The molecular weight excluding hydrogens is 266 g/mol. The van der Waals surface area contributed by atoms with Gasteiger partial charge in [-0.2, -0.15) is 0 Å². The SMILES string of the molecule is CCCc1nc(N)c(Br)c(C2CCCC2)n1. The van der Waals surface area contributed by atoms with Gasteiger partial charge in [0, 0.05) is 12.3 Å². The minimum absolute atomic E-state index is 0.579. The fraction of sp³-hybridized carbons (Fsp3) is 0.667. The van der Waals surface area contributed by atoms with Crippen LogP contribution in [-0.4, -0.2) is 9.97 Å². The van der Waals surface area contributed by atoms with E-state index in [1.165, 1.54) is 25.7 Å². The lowest BCUT2D eigenvalue weighted by atomic mass is 10.0. The van der Waals surface area contributed by atoms with E-state index in [4.69, 9.17) is 5.73 Å². The number of aromatic nitrogens is 2. The monoisotopic (exact) mass is 283 g/mol. The maximum Gasteiger partial charge on any atom is 0.141 e. The molecule has 0 aromatic carbocycles. The molecule has 0 radical (unpaired) electrons. The minimum atomic E-state index is 0.579. The molecule has 1 aliphatic carbocycles. The van der Waals surface area contributed by atoms with Crippen molar-refractivity contribution < 1.29 is 0 Å². The van der Waals surface area contributed by atoms with Crippen LogP contribution >= 0.6 is 15.9 Å². The van der Waals surface area contributed by atoms with Crippen LogP contribution in [0.3, 0.4) is 0 Å². The first-order valence-electron chi connectivity index (χ1n) is 6.04. The molecule has 1 heterocycles. The van der Waals surface area contributed by atoms with Crippen LogP contribution in [0.2, 0.25) is 0 Å². The van der Waals surface area contributed by atoms with Crippen LogP contribution in [0.25, 0.3) is 0 Å². The summed E-state index contributed by atoms with van der Waals surface area (Å²) in [6.45, 7) is 2.14. The van der Waals surface area contributed by atoms with Gasteiger partial charge in [0.05, 0.1) is 10.2 Å². The molecule has 88 valence electrons. The second-order valence-corrected chi connectivity index (χ2v) is 5.25. The van der Waals surface area contributed by atoms with Gasteiger partial charge in [-0.3, -0.25) is 0 Å². The van der Waals surface area contributed by atoms with Gasteiger partial charge in [-0.1, -0.05) is 19.8 Å². The Bertz CT molecular complexity index is 373. The van der Waals surface area contributed by atoms with E-state index in [-0.39, 0.29) is 0 Å². The zero-order chi connectivity index (χ0) is 11.5. The van der Waals surface area contributed by atoms with E-state index in [1.807, 2.05) is 0 Å². The molecular formula is C12H18BrN3. The molecule has 1 fully saturated rings. The largest absolute Gasteiger partial charge is 0.383 e. The quantitative estimate of drug-likeness (QED) is 0.925. The van der Waals surface area contributed by atoms with Crippen molar-refractivity contribution in [1.29, 1.82) is 0 Å². The molecule has 0 amide bonds. The second kappa shape index (κ2) is 5.13. The number of halogens is 1.